The second-order valence-corrected chi connectivity index (χ2v) is 6.09. The van der Waals surface area contributed by atoms with Crippen molar-refractivity contribution in [2.24, 2.45) is 10.9 Å². The summed E-state index contributed by atoms with van der Waals surface area (Å²) >= 11 is 0. The number of hydrogen-bond acceptors (Lipinski definition) is 7. The Morgan fingerprint density at radius 3 is 2.38 bits per heavy atom. The highest BCUT2D eigenvalue weighted by Crippen LogP contribution is 2.20. The summed E-state index contributed by atoms with van der Waals surface area (Å²) in [5, 5.41) is 11.3. The van der Waals surface area contributed by atoms with Crippen LogP contribution in [0.2, 0.25) is 0 Å². The molecule has 110 valence electrons. The van der Waals surface area contributed by atoms with E-state index in [1.807, 2.05) is 0 Å². The first-order chi connectivity index (χ1) is 9.90. The molecule has 21 heavy (non-hydrogen) atoms. The third-order valence-electron chi connectivity index (χ3n) is 2.47. The van der Waals surface area contributed by atoms with E-state index in [0.717, 1.165) is 6.26 Å². The highest BCUT2D eigenvalue weighted by molar-refractivity contribution is 7.90. The van der Waals surface area contributed by atoms with Crippen molar-refractivity contribution in [3.63, 3.8) is 0 Å². The first-order valence-electron chi connectivity index (χ1n) is 5.68. The molecular formula is C12H12N4O4S. The number of amidine groups is 1. The van der Waals surface area contributed by atoms with Crippen molar-refractivity contribution in [2.75, 3.05) is 6.26 Å². The van der Waals surface area contributed by atoms with E-state index in [4.69, 9.17) is 15.7 Å². The molecule has 3 N–H and O–H groups in total. The molecule has 0 aliphatic carbocycles. The summed E-state index contributed by atoms with van der Waals surface area (Å²) in [5.74, 6) is 0.441. The number of ether oxygens (including phenoxy) is 1. The third-order valence-corrected chi connectivity index (χ3v) is 3.60. The second-order valence-electron chi connectivity index (χ2n) is 4.07. The number of benzene rings is 1. The topological polar surface area (TPSA) is 128 Å². The molecule has 2 rings (SSSR count). The van der Waals surface area contributed by atoms with Crippen molar-refractivity contribution < 1.29 is 18.4 Å². The molecule has 0 saturated carbocycles. The summed E-state index contributed by atoms with van der Waals surface area (Å²) in [6.45, 7) is 0. The largest absolute Gasteiger partial charge is 0.438 e. The molecule has 0 bridgehead atoms. The van der Waals surface area contributed by atoms with E-state index in [0.29, 0.717) is 5.75 Å². The predicted octanol–water partition coefficient (Wildman–Crippen LogP) is 0.767. The number of nitrogens with two attached hydrogens (primary N) is 1. The number of oxime groups is 1. The normalized spacial score (nSPS) is 12.1. The molecule has 0 amide bonds. The molecule has 0 radical (unpaired) electrons. The summed E-state index contributed by atoms with van der Waals surface area (Å²) < 4.78 is 28.1. The van der Waals surface area contributed by atoms with Crippen LogP contribution in [0.4, 0.5) is 0 Å². The molecule has 8 nitrogen and oxygen atoms in total. The van der Waals surface area contributed by atoms with Gasteiger partial charge in [0.05, 0.1) is 17.3 Å². The van der Waals surface area contributed by atoms with Gasteiger partial charge in [-0.2, -0.15) is 0 Å². The summed E-state index contributed by atoms with van der Waals surface area (Å²) in [4.78, 5) is 8.04. The van der Waals surface area contributed by atoms with Crippen LogP contribution < -0.4 is 10.5 Å². The van der Waals surface area contributed by atoms with Gasteiger partial charge in [-0.1, -0.05) is 5.16 Å². The molecule has 0 fully saturated rings. The Hall–Kier alpha value is -2.68. The average Bonchev–Trinajstić information content (AvgIpc) is 2.47. The SMILES string of the molecule is CS(=O)(=O)c1ccc(Oc2cnc(C(N)=NO)cn2)cc1. The molecule has 1 heterocycles. The average molecular weight is 308 g/mol. The number of hydrogen-bond donors (Lipinski definition) is 2. The monoisotopic (exact) mass is 308 g/mol. The van der Waals surface area contributed by atoms with E-state index in [9.17, 15) is 8.42 Å². The highest BCUT2D eigenvalue weighted by Gasteiger charge is 2.08. The van der Waals surface area contributed by atoms with Crippen LogP contribution in [0, 0.1) is 0 Å². The first kappa shape index (κ1) is 14.7. The van der Waals surface area contributed by atoms with Gasteiger partial charge in [-0.3, -0.25) is 0 Å². The van der Waals surface area contributed by atoms with E-state index in [2.05, 4.69) is 15.1 Å². The predicted molar refractivity (Wildman–Crippen MR) is 74.2 cm³/mol. The van der Waals surface area contributed by atoms with Crippen LogP contribution in [-0.4, -0.2) is 35.7 Å². The molecule has 1 aromatic carbocycles. The maximum Gasteiger partial charge on any atom is 0.237 e. The minimum Gasteiger partial charge on any atom is -0.438 e. The van der Waals surface area contributed by atoms with Gasteiger partial charge < -0.3 is 15.7 Å². The summed E-state index contributed by atoms with van der Waals surface area (Å²) in [6.07, 6.45) is 3.72. The minimum absolute atomic E-state index is 0.161. The highest BCUT2D eigenvalue weighted by atomic mass is 32.2. The molecule has 2 aromatic rings. The van der Waals surface area contributed by atoms with Crippen LogP contribution in [0.1, 0.15) is 5.69 Å². The van der Waals surface area contributed by atoms with Gasteiger partial charge in [0.15, 0.2) is 15.7 Å². The fourth-order valence-electron chi connectivity index (χ4n) is 1.43. The lowest BCUT2D eigenvalue weighted by Crippen LogP contribution is -2.15. The van der Waals surface area contributed by atoms with Crippen LogP contribution in [0.25, 0.3) is 0 Å². The fraction of sp³-hybridized carbons (Fsp3) is 0.0833. The minimum atomic E-state index is -3.24. The van der Waals surface area contributed by atoms with Crippen molar-refractivity contribution in [1.29, 1.82) is 0 Å². The van der Waals surface area contributed by atoms with E-state index in [1.54, 1.807) is 0 Å². The Morgan fingerprint density at radius 1 is 1.24 bits per heavy atom. The van der Waals surface area contributed by atoms with Gasteiger partial charge in [-0.15, -0.1) is 0 Å². The van der Waals surface area contributed by atoms with Crippen molar-refractivity contribution in [2.45, 2.75) is 4.90 Å². The molecular weight excluding hydrogens is 296 g/mol. The van der Waals surface area contributed by atoms with Gasteiger partial charge >= 0.3 is 0 Å². The van der Waals surface area contributed by atoms with E-state index in [1.165, 1.54) is 36.7 Å². The zero-order chi connectivity index (χ0) is 15.5. The number of rotatable bonds is 4. The Morgan fingerprint density at radius 2 is 1.90 bits per heavy atom. The summed E-state index contributed by atoms with van der Waals surface area (Å²) in [6, 6.07) is 5.89. The van der Waals surface area contributed by atoms with Gasteiger partial charge in [0.1, 0.15) is 11.4 Å². The zero-order valence-electron chi connectivity index (χ0n) is 11.0. The number of nitrogens with zero attached hydrogens (tertiary/aromatic N) is 3. The van der Waals surface area contributed by atoms with Crippen LogP contribution in [0.5, 0.6) is 11.6 Å². The molecule has 0 saturated heterocycles. The third kappa shape index (κ3) is 3.66. The maximum atomic E-state index is 11.3. The van der Waals surface area contributed by atoms with Crippen LogP contribution in [-0.2, 0) is 9.84 Å². The van der Waals surface area contributed by atoms with Gasteiger partial charge in [0, 0.05) is 6.26 Å². The van der Waals surface area contributed by atoms with Crippen LogP contribution >= 0.6 is 0 Å². The lowest BCUT2D eigenvalue weighted by Gasteiger charge is -2.05. The number of aromatic nitrogens is 2. The van der Waals surface area contributed by atoms with E-state index < -0.39 is 9.84 Å². The van der Waals surface area contributed by atoms with Crippen molar-refractivity contribution in [3.05, 3.63) is 42.4 Å². The lowest BCUT2D eigenvalue weighted by atomic mass is 10.3. The fourth-order valence-corrected chi connectivity index (χ4v) is 2.06. The van der Waals surface area contributed by atoms with Crippen molar-refractivity contribution >= 4 is 15.7 Å². The van der Waals surface area contributed by atoms with Gasteiger partial charge in [0.2, 0.25) is 5.88 Å². The maximum absolute atomic E-state index is 11.3. The van der Waals surface area contributed by atoms with Crippen LogP contribution in [0.15, 0.2) is 46.7 Å². The standard InChI is InChI=1S/C12H12N4O4S/c1-21(18,19)9-4-2-8(3-5-9)20-11-7-14-10(6-15-11)12(13)16-17/h2-7,17H,1H3,(H2,13,16). The molecule has 1 aromatic heterocycles. The number of sulfone groups is 1. The summed E-state index contributed by atoms with van der Waals surface area (Å²) in [5.41, 5.74) is 5.56. The van der Waals surface area contributed by atoms with Crippen molar-refractivity contribution in [3.8, 4) is 11.6 Å². The Balaban J connectivity index is 2.15. The molecule has 0 atom stereocenters. The Bertz CT molecular complexity index is 755. The Labute approximate surface area is 120 Å². The zero-order valence-corrected chi connectivity index (χ0v) is 11.8. The Kier molecular flexibility index (Phi) is 4.03. The quantitative estimate of drug-likeness (QED) is 0.369. The molecule has 0 aliphatic rings. The molecule has 0 spiro atoms. The van der Waals surface area contributed by atoms with Gasteiger partial charge in [-0.25, -0.2) is 18.4 Å². The molecule has 9 heteroatoms. The van der Waals surface area contributed by atoms with Gasteiger partial charge in [0.25, 0.3) is 0 Å². The molecule has 0 aliphatic heterocycles. The van der Waals surface area contributed by atoms with E-state index >= 15 is 0 Å². The summed E-state index contributed by atoms with van der Waals surface area (Å²) in [7, 11) is -3.24. The van der Waals surface area contributed by atoms with Gasteiger partial charge in [-0.05, 0) is 24.3 Å². The van der Waals surface area contributed by atoms with E-state index in [-0.39, 0.29) is 22.3 Å². The first-order valence-corrected chi connectivity index (χ1v) is 7.57. The second kappa shape index (κ2) is 5.75. The van der Waals surface area contributed by atoms with Crippen molar-refractivity contribution in [1.82, 2.24) is 9.97 Å². The van der Waals surface area contributed by atoms with Crippen LogP contribution in [0.3, 0.4) is 0 Å². The lowest BCUT2D eigenvalue weighted by molar-refractivity contribution is 0.318. The smallest absolute Gasteiger partial charge is 0.237 e. The molecule has 0 unspecified atom stereocenters.